The minimum Gasteiger partial charge on any atom is -0.504 e. The Morgan fingerprint density at radius 2 is 2.38 bits per heavy atom. The van der Waals surface area contributed by atoms with E-state index in [-0.39, 0.29) is 0 Å². The molecule has 1 aromatic heterocycles. The van der Waals surface area contributed by atoms with Crippen LogP contribution in [0.25, 0.3) is 6.08 Å². The molecule has 0 amide bonds. The molecule has 0 unspecified atom stereocenters. The van der Waals surface area contributed by atoms with Crippen LogP contribution in [-0.2, 0) is 4.74 Å². The third-order valence-electron chi connectivity index (χ3n) is 1.64. The standard InChI is InChI=1S/C10H10N2O/c1-8-10(3-4-13-2)5-9(6-11)7-12-8/h3-5,7H,1-2H3. The van der Waals surface area contributed by atoms with E-state index in [9.17, 15) is 0 Å². The van der Waals surface area contributed by atoms with Crippen LogP contribution in [0.4, 0.5) is 0 Å². The van der Waals surface area contributed by atoms with Gasteiger partial charge in [-0.1, -0.05) is 0 Å². The zero-order valence-corrected chi connectivity index (χ0v) is 7.61. The monoisotopic (exact) mass is 174 g/mol. The minimum atomic E-state index is 0.557. The highest BCUT2D eigenvalue weighted by atomic mass is 16.5. The second kappa shape index (κ2) is 4.27. The molecule has 0 aliphatic heterocycles. The summed E-state index contributed by atoms with van der Waals surface area (Å²) in [5, 5.41) is 8.63. The van der Waals surface area contributed by atoms with Crippen molar-refractivity contribution in [3.05, 3.63) is 35.3 Å². The predicted molar refractivity (Wildman–Crippen MR) is 49.7 cm³/mol. The normalized spacial score (nSPS) is 9.92. The molecule has 1 heterocycles. The summed E-state index contributed by atoms with van der Waals surface area (Å²) < 4.78 is 4.78. The number of aryl methyl sites for hydroxylation is 1. The van der Waals surface area contributed by atoms with Gasteiger partial charge in [0, 0.05) is 17.5 Å². The van der Waals surface area contributed by atoms with Gasteiger partial charge in [0.15, 0.2) is 0 Å². The lowest BCUT2D eigenvalue weighted by Gasteiger charge is -1.98. The van der Waals surface area contributed by atoms with Crippen molar-refractivity contribution in [3.8, 4) is 6.07 Å². The first kappa shape index (κ1) is 9.27. The van der Waals surface area contributed by atoms with Crippen LogP contribution >= 0.6 is 0 Å². The number of hydrogen-bond acceptors (Lipinski definition) is 3. The lowest BCUT2D eigenvalue weighted by Crippen LogP contribution is -1.88. The second-order valence-electron chi connectivity index (χ2n) is 2.55. The third kappa shape index (κ3) is 2.31. The minimum absolute atomic E-state index is 0.557. The molecule has 0 spiro atoms. The fourth-order valence-electron chi connectivity index (χ4n) is 0.921. The van der Waals surface area contributed by atoms with E-state index in [2.05, 4.69) is 4.98 Å². The van der Waals surface area contributed by atoms with Gasteiger partial charge in [0.1, 0.15) is 6.07 Å². The molecule has 0 fully saturated rings. The Morgan fingerprint density at radius 1 is 1.62 bits per heavy atom. The molecule has 3 heteroatoms. The Kier molecular flexibility index (Phi) is 3.04. The Morgan fingerprint density at radius 3 is 3.00 bits per heavy atom. The molecule has 0 N–H and O–H groups in total. The molecule has 0 saturated heterocycles. The summed E-state index contributed by atoms with van der Waals surface area (Å²) in [5.41, 5.74) is 2.34. The third-order valence-corrected chi connectivity index (χ3v) is 1.64. The summed E-state index contributed by atoms with van der Waals surface area (Å²) in [4.78, 5) is 4.07. The number of nitriles is 1. The zero-order valence-electron chi connectivity index (χ0n) is 7.61. The van der Waals surface area contributed by atoms with Crippen LogP contribution in [0.15, 0.2) is 18.5 Å². The fraction of sp³-hybridized carbons (Fsp3) is 0.200. The summed E-state index contributed by atoms with van der Waals surface area (Å²) in [6.07, 6.45) is 4.90. The molecule has 0 aliphatic rings. The van der Waals surface area contributed by atoms with Gasteiger partial charge in [-0.2, -0.15) is 5.26 Å². The summed E-state index contributed by atoms with van der Waals surface area (Å²) >= 11 is 0. The first-order chi connectivity index (χ1) is 6.27. The van der Waals surface area contributed by atoms with Gasteiger partial charge >= 0.3 is 0 Å². The Balaban J connectivity index is 3.06. The summed E-state index contributed by atoms with van der Waals surface area (Å²) in [5.74, 6) is 0. The maximum absolute atomic E-state index is 8.63. The highest BCUT2D eigenvalue weighted by molar-refractivity contribution is 5.53. The molecule has 0 saturated carbocycles. The summed E-state index contributed by atoms with van der Waals surface area (Å²) in [6.45, 7) is 1.89. The van der Waals surface area contributed by atoms with Crippen LogP contribution in [-0.4, -0.2) is 12.1 Å². The number of rotatable bonds is 2. The van der Waals surface area contributed by atoms with E-state index in [4.69, 9.17) is 10.00 Å². The van der Waals surface area contributed by atoms with Crippen molar-refractivity contribution in [1.82, 2.24) is 4.98 Å². The second-order valence-corrected chi connectivity index (χ2v) is 2.55. The average Bonchev–Trinajstić information content (AvgIpc) is 2.17. The first-order valence-electron chi connectivity index (χ1n) is 3.84. The van der Waals surface area contributed by atoms with E-state index in [1.54, 1.807) is 31.7 Å². The van der Waals surface area contributed by atoms with E-state index in [1.807, 2.05) is 13.0 Å². The van der Waals surface area contributed by atoms with Gasteiger partial charge in [-0.25, -0.2) is 0 Å². The van der Waals surface area contributed by atoms with E-state index < -0.39 is 0 Å². The van der Waals surface area contributed by atoms with Crippen molar-refractivity contribution >= 4 is 6.08 Å². The molecule has 13 heavy (non-hydrogen) atoms. The fourth-order valence-corrected chi connectivity index (χ4v) is 0.921. The van der Waals surface area contributed by atoms with Gasteiger partial charge in [0.2, 0.25) is 0 Å². The predicted octanol–water partition coefficient (Wildman–Crippen LogP) is 1.88. The molecule has 0 atom stereocenters. The molecule has 3 nitrogen and oxygen atoms in total. The first-order valence-corrected chi connectivity index (χ1v) is 3.84. The summed E-state index contributed by atoms with van der Waals surface area (Å²) in [6, 6.07) is 3.81. The number of methoxy groups -OCH3 is 1. The zero-order chi connectivity index (χ0) is 9.68. The van der Waals surface area contributed by atoms with Crippen LogP contribution in [0.1, 0.15) is 16.8 Å². The van der Waals surface area contributed by atoms with Crippen molar-refractivity contribution in [3.63, 3.8) is 0 Å². The largest absolute Gasteiger partial charge is 0.504 e. The Labute approximate surface area is 77.3 Å². The quantitative estimate of drug-likeness (QED) is 0.643. The van der Waals surface area contributed by atoms with E-state index in [1.165, 1.54) is 0 Å². The number of aromatic nitrogens is 1. The molecule has 66 valence electrons. The summed E-state index contributed by atoms with van der Waals surface area (Å²) in [7, 11) is 1.58. The molecule has 0 bridgehead atoms. The number of nitrogens with zero attached hydrogens (tertiary/aromatic N) is 2. The average molecular weight is 174 g/mol. The molecular weight excluding hydrogens is 164 g/mol. The Bertz CT molecular complexity index is 364. The van der Waals surface area contributed by atoms with Crippen LogP contribution in [0.2, 0.25) is 0 Å². The van der Waals surface area contributed by atoms with E-state index in [0.717, 1.165) is 11.3 Å². The number of pyridine rings is 1. The van der Waals surface area contributed by atoms with Crippen LogP contribution in [0, 0.1) is 18.3 Å². The lowest BCUT2D eigenvalue weighted by molar-refractivity contribution is 0.341. The highest BCUT2D eigenvalue weighted by Gasteiger charge is 1.97. The van der Waals surface area contributed by atoms with Crippen molar-refractivity contribution in [2.75, 3.05) is 7.11 Å². The van der Waals surface area contributed by atoms with Crippen LogP contribution in [0.3, 0.4) is 0 Å². The maximum Gasteiger partial charge on any atom is 0.101 e. The van der Waals surface area contributed by atoms with Gasteiger partial charge in [0.25, 0.3) is 0 Å². The van der Waals surface area contributed by atoms with Gasteiger partial charge in [0.05, 0.1) is 18.9 Å². The van der Waals surface area contributed by atoms with Crippen molar-refractivity contribution < 1.29 is 4.74 Å². The van der Waals surface area contributed by atoms with Crippen LogP contribution in [0.5, 0.6) is 0 Å². The number of ether oxygens (including phenoxy) is 1. The SMILES string of the molecule is COC=Cc1cc(C#N)cnc1C. The van der Waals surface area contributed by atoms with Gasteiger partial charge in [-0.15, -0.1) is 0 Å². The highest BCUT2D eigenvalue weighted by Crippen LogP contribution is 2.09. The lowest BCUT2D eigenvalue weighted by atomic mass is 10.1. The molecule has 0 aromatic carbocycles. The van der Waals surface area contributed by atoms with E-state index >= 15 is 0 Å². The molecule has 0 radical (unpaired) electrons. The van der Waals surface area contributed by atoms with E-state index in [0.29, 0.717) is 5.56 Å². The molecule has 0 aliphatic carbocycles. The molecular formula is C10H10N2O. The van der Waals surface area contributed by atoms with Crippen molar-refractivity contribution in [1.29, 1.82) is 5.26 Å². The smallest absolute Gasteiger partial charge is 0.101 e. The molecule has 1 aromatic rings. The van der Waals surface area contributed by atoms with Crippen molar-refractivity contribution in [2.45, 2.75) is 6.92 Å². The maximum atomic E-state index is 8.63. The topological polar surface area (TPSA) is 45.9 Å². The van der Waals surface area contributed by atoms with Gasteiger partial charge < -0.3 is 4.74 Å². The van der Waals surface area contributed by atoms with Gasteiger partial charge in [-0.05, 0) is 19.1 Å². The molecule has 1 rings (SSSR count). The van der Waals surface area contributed by atoms with Gasteiger partial charge in [-0.3, -0.25) is 4.98 Å². The van der Waals surface area contributed by atoms with Crippen LogP contribution < -0.4 is 0 Å². The Hall–Kier alpha value is -1.82. The van der Waals surface area contributed by atoms with Crippen molar-refractivity contribution in [2.24, 2.45) is 0 Å². The number of hydrogen-bond donors (Lipinski definition) is 0.